The van der Waals surface area contributed by atoms with Gasteiger partial charge in [0.2, 0.25) is 0 Å². The Balaban J connectivity index is 1.28. The van der Waals surface area contributed by atoms with E-state index in [1.54, 1.807) is 42.7 Å². The predicted molar refractivity (Wildman–Crippen MR) is 173 cm³/mol. The number of aliphatic hydroxyl groups is 1. The van der Waals surface area contributed by atoms with E-state index in [-0.39, 0.29) is 30.4 Å². The number of aliphatic hydroxyl groups excluding tert-OH is 1. The van der Waals surface area contributed by atoms with E-state index in [9.17, 15) is 14.7 Å². The second-order valence-corrected chi connectivity index (χ2v) is 12.2. The first-order chi connectivity index (χ1) is 21.3. The zero-order chi connectivity index (χ0) is 31.1. The molecule has 0 radical (unpaired) electrons. The van der Waals surface area contributed by atoms with Gasteiger partial charge in [0.05, 0.1) is 25.3 Å². The highest BCUT2D eigenvalue weighted by Crippen LogP contribution is 2.34. The summed E-state index contributed by atoms with van der Waals surface area (Å²) in [6, 6.07) is 23.8. The summed E-state index contributed by atoms with van der Waals surface area (Å²) in [5.74, 6) is 0.325. The van der Waals surface area contributed by atoms with Gasteiger partial charge in [-0.2, -0.15) is 0 Å². The third kappa shape index (κ3) is 7.72. The van der Waals surface area contributed by atoms with E-state index in [1.165, 1.54) is 0 Å². The number of thiazole rings is 1. The van der Waals surface area contributed by atoms with Crippen molar-refractivity contribution < 1.29 is 19.4 Å². The second-order valence-electron chi connectivity index (χ2n) is 11.3. The number of carbonyl (C=O) groups excluding carboxylic acids is 2. The van der Waals surface area contributed by atoms with E-state index in [4.69, 9.17) is 4.74 Å². The fourth-order valence-corrected chi connectivity index (χ4v) is 6.57. The molecular weight excluding hydrogens is 572 g/mol. The number of ether oxygens (including phenoxy) is 1. The third-order valence-electron chi connectivity index (χ3n) is 8.11. The zero-order valence-electron chi connectivity index (χ0n) is 25.4. The molecule has 0 bridgehead atoms. The Hall–Kier alpha value is -4.05. The molecule has 3 aromatic carbocycles. The van der Waals surface area contributed by atoms with E-state index in [0.29, 0.717) is 24.1 Å². The van der Waals surface area contributed by atoms with Gasteiger partial charge >= 0.3 is 0 Å². The molecule has 4 aromatic rings. The Kier molecular flexibility index (Phi) is 10.4. The van der Waals surface area contributed by atoms with Crippen LogP contribution >= 0.6 is 11.3 Å². The summed E-state index contributed by atoms with van der Waals surface area (Å²) in [5, 5.41) is 20.7. The summed E-state index contributed by atoms with van der Waals surface area (Å²) in [6.07, 6.45) is 1.37. The summed E-state index contributed by atoms with van der Waals surface area (Å²) in [7, 11) is 1.63. The lowest BCUT2D eigenvalue weighted by molar-refractivity contribution is 0.0735. The summed E-state index contributed by atoms with van der Waals surface area (Å²) in [6.45, 7) is 4.91. The molecule has 1 aromatic heterocycles. The van der Waals surface area contributed by atoms with Crippen LogP contribution in [0.25, 0.3) is 0 Å². The predicted octanol–water partition coefficient (Wildman–Crippen LogP) is 5.49. The molecule has 2 amide bonds. The van der Waals surface area contributed by atoms with Crippen molar-refractivity contribution in [1.82, 2.24) is 20.5 Å². The van der Waals surface area contributed by atoms with Gasteiger partial charge in [0.25, 0.3) is 11.8 Å². The Labute approximate surface area is 263 Å². The first-order valence-corrected chi connectivity index (χ1v) is 15.9. The van der Waals surface area contributed by atoms with Gasteiger partial charge in [0.1, 0.15) is 10.8 Å². The summed E-state index contributed by atoms with van der Waals surface area (Å²) >= 11 is 1.58. The van der Waals surface area contributed by atoms with Crippen LogP contribution in [0.3, 0.4) is 0 Å². The fourth-order valence-electron chi connectivity index (χ4n) is 5.62. The molecule has 1 saturated heterocycles. The van der Waals surface area contributed by atoms with Gasteiger partial charge in [-0.05, 0) is 74.6 Å². The molecule has 0 saturated carbocycles. The first kappa shape index (κ1) is 31.4. The van der Waals surface area contributed by atoms with Crippen LogP contribution in [0.5, 0.6) is 5.75 Å². The average Bonchev–Trinajstić information content (AvgIpc) is 3.72. The Morgan fingerprint density at radius 1 is 1.07 bits per heavy atom. The molecule has 8 nitrogen and oxygen atoms in total. The monoisotopic (exact) mass is 612 g/mol. The molecule has 5 rings (SSSR count). The van der Waals surface area contributed by atoms with Crippen LogP contribution in [-0.2, 0) is 6.42 Å². The molecule has 0 spiro atoms. The van der Waals surface area contributed by atoms with E-state index in [0.717, 1.165) is 40.4 Å². The fraction of sp³-hybridized carbons (Fsp3) is 0.343. The smallest absolute Gasteiger partial charge is 0.254 e. The van der Waals surface area contributed by atoms with Crippen molar-refractivity contribution in [2.24, 2.45) is 0 Å². The minimum absolute atomic E-state index is 0.0433. The summed E-state index contributed by atoms with van der Waals surface area (Å²) < 4.78 is 5.35. The van der Waals surface area contributed by atoms with E-state index >= 15 is 0 Å². The van der Waals surface area contributed by atoms with Gasteiger partial charge in [-0.25, -0.2) is 4.98 Å². The van der Waals surface area contributed by atoms with Gasteiger partial charge in [0, 0.05) is 41.3 Å². The molecular formula is C35H40N4O4S. The normalized spacial score (nSPS) is 16.7. The Bertz CT molecular complexity index is 1560. The molecule has 0 aliphatic carbocycles. The van der Waals surface area contributed by atoms with Crippen LogP contribution in [0.15, 0.2) is 84.2 Å². The van der Waals surface area contributed by atoms with Gasteiger partial charge in [-0.1, -0.05) is 48.5 Å². The maximum atomic E-state index is 13.6. The molecule has 2 heterocycles. The van der Waals surface area contributed by atoms with E-state index < -0.39 is 12.1 Å². The first-order valence-electron chi connectivity index (χ1n) is 15.1. The minimum atomic E-state index is -0.871. The number of nitrogens with zero attached hydrogens (tertiary/aromatic N) is 2. The van der Waals surface area contributed by atoms with Crippen LogP contribution < -0.4 is 15.4 Å². The van der Waals surface area contributed by atoms with Crippen molar-refractivity contribution in [1.29, 1.82) is 0 Å². The van der Waals surface area contributed by atoms with Crippen LogP contribution in [0, 0.1) is 6.92 Å². The molecule has 1 fully saturated rings. The molecule has 230 valence electrons. The second kappa shape index (κ2) is 14.6. The number of hydrogen-bond donors (Lipinski definition) is 3. The number of aryl methyl sites for hydroxylation is 1. The topological polar surface area (TPSA) is 104 Å². The average molecular weight is 613 g/mol. The zero-order valence-corrected chi connectivity index (χ0v) is 26.2. The van der Waals surface area contributed by atoms with Crippen LogP contribution in [0.4, 0.5) is 0 Å². The highest BCUT2D eigenvalue weighted by Gasteiger charge is 2.33. The SMILES string of the molecule is COc1cccc([C@H](C)NC[C@@H](O)[C@H](Cc2ccccc2)NC(=O)c2cccc(C(=O)N3CCCC3c3nc(C)cs3)c2)c1. The lowest BCUT2D eigenvalue weighted by Crippen LogP contribution is -2.49. The lowest BCUT2D eigenvalue weighted by Gasteiger charge is -2.27. The standard InChI is InChI=1S/C35H40N4O4S/c1-23-22-44-34(37-23)31-16-9-17-39(31)35(42)28-14-7-13-27(19-28)33(41)38-30(18-25-10-5-4-6-11-25)32(40)21-36-24(2)26-12-8-15-29(20-26)43-3/h4-8,10-15,19-20,22,24,30-32,36,40H,9,16-18,21H2,1-3H3,(H,38,41)/t24-,30-,31?,32+/m0/s1. The van der Waals surface area contributed by atoms with Gasteiger partial charge in [0.15, 0.2) is 0 Å². The maximum absolute atomic E-state index is 13.6. The van der Waals surface area contributed by atoms with Gasteiger partial charge in [-0.3, -0.25) is 9.59 Å². The number of methoxy groups -OCH3 is 1. The van der Waals surface area contributed by atoms with Crippen LogP contribution in [0.2, 0.25) is 0 Å². The highest BCUT2D eigenvalue weighted by atomic mass is 32.1. The molecule has 1 aliphatic rings. The summed E-state index contributed by atoms with van der Waals surface area (Å²) in [4.78, 5) is 33.7. The minimum Gasteiger partial charge on any atom is -0.497 e. The van der Waals surface area contributed by atoms with Gasteiger partial charge in [-0.15, -0.1) is 11.3 Å². The molecule has 4 atom stereocenters. The largest absolute Gasteiger partial charge is 0.497 e. The molecule has 1 unspecified atom stereocenters. The van der Waals surface area contributed by atoms with Crippen LogP contribution in [0.1, 0.15) is 74.4 Å². The quantitative estimate of drug-likeness (QED) is 0.196. The maximum Gasteiger partial charge on any atom is 0.254 e. The van der Waals surface area contributed by atoms with Crippen molar-refractivity contribution in [3.8, 4) is 5.75 Å². The van der Waals surface area contributed by atoms with E-state index in [1.807, 2.05) is 78.7 Å². The number of amides is 2. The highest BCUT2D eigenvalue weighted by molar-refractivity contribution is 7.09. The third-order valence-corrected chi connectivity index (χ3v) is 9.18. The lowest BCUT2D eigenvalue weighted by atomic mass is 9.99. The molecule has 1 aliphatic heterocycles. The Morgan fingerprint density at radius 3 is 2.59 bits per heavy atom. The van der Waals surface area contributed by atoms with Crippen molar-refractivity contribution in [2.45, 2.75) is 57.3 Å². The van der Waals surface area contributed by atoms with Gasteiger partial charge < -0.3 is 25.4 Å². The number of aromatic nitrogens is 1. The van der Waals surface area contributed by atoms with Crippen molar-refractivity contribution in [2.75, 3.05) is 20.2 Å². The molecule has 44 heavy (non-hydrogen) atoms. The number of carbonyl (C=O) groups is 2. The number of rotatable bonds is 12. The summed E-state index contributed by atoms with van der Waals surface area (Å²) in [5.41, 5.74) is 3.83. The van der Waals surface area contributed by atoms with Crippen LogP contribution in [-0.4, -0.2) is 59.1 Å². The van der Waals surface area contributed by atoms with Crippen molar-refractivity contribution in [3.05, 3.63) is 117 Å². The van der Waals surface area contributed by atoms with Crippen molar-refractivity contribution in [3.63, 3.8) is 0 Å². The van der Waals surface area contributed by atoms with E-state index in [2.05, 4.69) is 15.6 Å². The number of hydrogen-bond acceptors (Lipinski definition) is 7. The molecule has 9 heteroatoms. The Morgan fingerprint density at radius 2 is 1.84 bits per heavy atom. The number of likely N-dealkylation sites (tertiary alicyclic amines) is 1. The van der Waals surface area contributed by atoms with Crippen molar-refractivity contribution >= 4 is 23.2 Å². The number of nitrogens with one attached hydrogen (secondary N) is 2. The molecule has 3 N–H and O–H groups in total. The number of benzene rings is 3.